The molecule has 0 unspecified atom stereocenters. The van der Waals surface area contributed by atoms with Crippen molar-refractivity contribution in [3.8, 4) is 0 Å². The molecule has 0 bridgehead atoms. The smallest absolute Gasteiger partial charge is 0.192 e. The van der Waals surface area contributed by atoms with Gasteiger partial charge in [0.25, 0.3) is 0 Å². The average molecular weight is 171 g/mol. The van der Waals surface area contributed by atoms with Gasteiger partial charge in [0, 0.05) is 0 Å². The van der Waals surface area contributed by atoms with E-state index in [0.29, 0.717) is 5.56 Å². The van der Waals surface area contributed by atoms with Gasteiger partial charge in [0.2, 0.25) is 0 Å². The lowest BCUT2D eigenvalue weighted by molar-refractivity contribution is 0.414. The second-order valence-corrected chi connectivity index (χ2v) is 3.57. The lowest BCUT2D eigenvalue weighted by Gasteiger charge is -1.97. The molecule has 0 saturated heterocycles. The molecule has 1 aromatic rings. The van der Waals surface area contributed by atoms with Gasteiger partial charge >= 0.3 is 10.1 Å². The van der Waals surface area contributed by atoms with Gasteiger partial charge in [-0.2, -0.15) is 8.42 Å². The van der Waals surface area contributed by atoms with Crippen molar-refractivity contribution in [1.82, 2.24) is 0 Å². The summed E-state index contributed by atoms with van der Waals surface area (Å²) < 4.78 is 31.5. The van der Waals surface area contributed by atoms with Crippen molar-refractivity contribution in [2.45, 2.75) is 11.8 Å². The quantitative estimate of drug-likeness (QED) is 0.635. The van der Waals surface area contributed by atoms with E-state index in [1.165, 1.54) is 12.1 Å². The van der Waals surface area contributed by atoms with Crippen LogP contribution >= 0.6 is 0 Å². The molecular weight excluding hydrogens is 164 g/mol. The standard InChI is InChI=1S/C7H7O3S/c1-6-4-2-3-5-7(6)11(8,9)10/h2-5H,1H3. The largest absolute Gasteiger partial charge is 0.324 e. The first kappa shape index (κ1) is 8.23. The highest BCUT2D eigenvalue weighted by atomic mass is 32.2. The maximum atomic E-state index is 10.5. The summed E-state index contributed by atoms with van der Waals surface area (Å²) in [6, 6.07) is 6.10. The lowest BCUT2D eigenvalue weighted by Crippen LogP contribution is -1.97. The normalized spacial score (nSPS) is 11.5. The fourth-order valence-electron chi connectivity index (χ4n) is 0.837. The fraction of sp³-hybridized carbons (Fsp3) is 0.143. The Morgan fingerprint density at radius 2 is 1.73 bits per heavy atom. The fourth-order valence-corrected chi connectivity index (χ4v) is 1.54. The Balaban J connectivity index is 3.37. The highest BCUT2D eigenvalue weighted by molar-refractivity contribution is 7.85. The first-order valence-corrected chi connectivity index (χ1v) is 4.44. The Kier molecular flexibility index (Phi) is 1.97. The number of benzene rings is 1. The van der Waals surface area contributed by atoms with Gasteiger partial charge in [-0.1, -0.05) is 22.8 Å². The molecule has 0 amide bonds. The Labute approximate surface area is 65.4 Å². The van der Waals surface area contributed by atoms with Crippen LogP contribution in [-0.2, 0) is 14.7 Å². The van der Waals surface area contributed by atoms with Gasteiger partial charge in [-0.3, -0.25) is 0 Å². The molecule has 0 aliphatic heterocycles. The molecule has 1 aromatic carbocycles. The number of hydrogen-bond acceptors (Lipinski definition) is 2. The molecule has 3 nitrogen and oxygen atoms in total. The predicted octanol–water partition coefficient (Wildman–Crippen LogP) is 1.11. The maximum absolute atomic E-state index is 10.5. The van der Waals surface area contributed by atoms with Crippen LogP contribution in [0.4, 0.5) is 0 Å². The summed E-state index contributed by atoms with van der Waals surface area (Å²) in [5.41, 5.74) is 0.488. The lowest BCUT2D eigenvalue weighted by atomic mass is 10.2. The first-order valence-electron chi connectivity index (χ1n) is 3.03. The molecule has 0 N–H and O–H groups in total. The average Bonchev–Trinajstić information content (AvgIpc) is 1.86. The van der Waals surface area contributed by atoms with E-state index in [1.54, 1.807) is 19.1 Å². The van der Waals surface area contributed by atoms with Crippen LogP contribution in [0.15, 0.2) is 29.2 Å². The van der Waals surface area contributed by atoms with E-state index in [-0.39, 0.29) is 4.90 Å². The summed E-state index contributed by atoms with van der Waals surface area (Å²) in [6.45, 7) is 1.59. The first-order chi connectivity index (χ1) is 5.02. The van der Waals surface area contributed by atoms with Crippen molar-refractivity contribution in [3.05, 3.63) is 29.8 Å². The van der Waals surface area contributed by atoms with Crippen LogP contribution in [0, 0.1) is 6.92 Å². The maximum Gasteiger partial charge on any atom is 0.324 e. The zero-order chi connectivity index (χ0) is 8.48. The Bertz CT molecular complexity index is 354. The van der Waals surface area contributed by atoms with E-state index in [2.05, 4.69) is 0 Å². The van der Waals surface area contributed by atoms with Crippen molar-refractivity contribution < 1.29 is 13.0 Å². The molecule has 4 heteroatoms. The number of aryl methyl sites for hydroxylation is 1. The molecule has 1 rings (SSSR count). The Morgan fingerprint density at radius 1 is 1.18 bits per heavy atom. The Morgan fingerprint density at radius 3 is 2.09 bits per heavy atom. The predicted molar refractivity (Wildman–Crippen MR) is 39.1 cm³/mol. The second-order valence-electron chi connectivity index (χ2n) is 2.22. The van der Waals surface area contributed by atoms with Gasteiger partial charge in [-0.05, 0) is 18.6 Å². The topological polar surface area (TPSA) is 54.0 Å². The molecule has 11 heavy (non-hydrogen) atoms. The van der Waals surface area contributed by atoms with E-state index < -0.39 is 10.1 Å². The third kappa shape index (κ3) is 1.78. The van der Waals surface area contributed by atoms with Crippen LogP contribution in [0.25, 0.3) is 0 Å². The Hall–Kier alpha value is -0.870. The highest BCUT2D eigenvalue weighted by Gasteiger charge is 2.12. The van der Waals surface area contributed by atoms with Crippen molar-refractivity contribution in [2.24, 2.45) is 0 Å². The van der Waals surface area contributed by atoms with Gasteiger partial charge < -0.3 is 0 Å². The van der Waals surface area contributed by atoms with Crippen LogP contribution in [-0.4, -0.2) is 8.42 Å². The summed E-state index contributed by atoms with van der Waals surface area (Å²) in [5, 5.41) is 0. The molecule has 0 atom stereocenters. The monoisotopic (exact) mass is 171 g/mol. The van der Waals surface area contributed by atoms with Gasteiger partial charge in [-0.25, -0.2) is 0 Å². The molecule has 0 fully saturated rings. The highest BCUT2D eigenvalue weighted by Crippen LogP contribution is 2.13. The SMILES string of the molecule is Cc1ccccc1S([O])(=O)=O. The molecule has 59 valence electrons. The van der Waals surface area contributed by atoms with Crippen LogP contribution in [0.3, 0.4) is 0 Å². The van der Waals surface area contributed by atoms with Crippen LogP contribution in [0.5, 0.6) is 0 Å². The van der Waals surface area contributed by atoms with Crippen molar-refractivity contribution in [3.63, 3.8) is 0 Å². The minimum atomic E-state index is -4.28. The van der Waals surface area contributed by atoms with E-state index >= 15 is 0 Å². The van der Waals surface area contributed by atoms with E-state index in [0.717, 1.165) is 0 Å². The summed E-state index contributed by atoms with van der Waals surface area (Å²) in [5.74, 6) is 0. The molecular formula is C7H7O3S. The molecule has 0 heterocycles. The zero-order valence-corrected chi connectivity index (χ0v) is 6.76. The molecule has 0 saturated carbocycles. The minimum Gasteiger partial charge on any atom is -0.192 e. The van der Waals surface area contributed by atoms with Gasteiger partial charge in [0.1, 0.15) is 0 Å². The van der Waals surface area contributed by atoms with Crippen LogP contribution < -0.4 is 0 Å². The van der Waals surface area contributed by atoms with Gasteiger partial charge in [0.15, 0.2) is 0 Å². The molecule has 0 aromatic heterocycles. The van der Waals surface area contributed by atoms with E-state index in [9.17, 15) is 13.0 Å². The van der Waals surface area contributed by atoms with Crippen LogP contribution in [0.2, 0.25) is 0 Å². The molecule has 0 aliphatic rings. The summed E-state index contributed by atoms with van der Waals surface area (Å²) in [7, 11) is -4.28. The third-order valence-electron chi connectivity index (χ3n) is 1.36. The van der Waals surface area contributed by atoms with Crippen molar-refractivity contribution >= 4 is 10.1 Å². The minimum absolute atomic E-state index is 0.139. The van der Waals surface area contributed by atoms with E-state index in [4.69, 9.17) is 0 Å². The van der Waals surface area contributed by atoms with E-state index in [1.807, 2.05) is 0 Å². The van der Waals surface area contributed by atoms with Gasteiger partial charge in [-0.15, -0.1) is 0 Å². The second kappa shape index (κ2) is 2.64. The van der Waals surface area contributed by atoms with Crippen molar-refractivity contribution in [1.29, 1.82) is 0 Å². The van der Waals surface area contributed by atoms with Crippen molar-refractivity contribution in [2.75, 3.05) is 0 Å². The molecule has 0 spiro atoms. The molecule has 0 aliphatic carbocycles. The third-order valence-corrected chi connectivity index (χ3v) is 2.36. The zero-order valence-electron chi connectivity index (χ0n) is 5.94. The van der Waals surface area contributed by atoms with Gasteiger partial charge in [0.05, 0.1) is 4.90 Å². The van der Waals surface area contributed by atoms with Crippen LogP contribution in [0.1, 0.15) is 5.56 Å². The number of hydrogen-bond donors (Lipinski definition) is 0. The summed E-state index contributed by atoms with van der Waals surface area (Å²) in [6.07, 6.45) is 0. The molecule has 1 radical (unpaired) electrons. The number of rotatable bonds is 1. The summed E-state index contributed by atoms with van der Waals surface area (Å²) in [4.78, 5) is -0.139. The summed E-state index contributed by atoms with van der Waals surface area (Å²) >= 11 is 0.